The van der Waals surface area contributed by atoms with Gasteiger partial charge in [-0.05, 0) is 25.5 Å². The summed E-state index contributed by atoms with van der Waals surface area (Å²) < 4.78 is 3.32. The van der Waals surface area contributed by atoms with Crippen molar-refractivity contribution in [1.82, 2.24) is 29.9 Å². The molecule has 0 spiro atoms. The zero-order chi connectivity index (χ0) is 21.8. The van der Waals surface area contributed by atoms with Crippen LogP contribution in [0.2, 0.25) is 0 Å². The lowest BCUT2D eigenvalue weighted by Crippen LogP contribution is -2.32. The van der Waals surface area contributed by atoms with E-state index in [2.05, 4.69) is 34.5 Å². The zero-order valence-corrected chi connectivity index (χ0v) is 17.5. The van der Waals surface area contributed by atoms with Crippen LogP contribution in [-0.4, -0.2) is 37.0 Å². The second-order valence-corrected chi connectivity index (χ2v) is 7.60. The highest BCUT2D eigenvalue weighted by Gasteiger charge is 2.17. The highest BCUT2D eigenvalue weighted by Crippen LogP contribution is 2.14. The number of nitrogens with zero attached hydrogens (tertiary/aromatic N) is 5. The van der Waals surface area contributed by atoms with Gasteiger partial charge in [-0.1, -0.05) is 48.5 Å². The first kappa shape index (κ1) is 20.5. The molecule has 8 heteroatoms. The van der Waals surface area contributed by atoms with Gasteiger partial charge in [0.15, 0.2) is 5.69 Å². The van der Waals surface area contributed by atoms with Crippen LogP contribution in [-0.2, 0) is 13.0 Å². The molecule has 2 aromatic carbocycles. The number of aromatic nitrogens is 5. The molecule has 4 aromatic rings. The third-order valence-electron chi connectivity index (χ3n) is 5.10. The quantitative estimate of drug-likeness (QED) is 0.500. The first-order valence-electron chi connectivity index (χ1n) is 10.2. The molecular weight excluding hydrogens is 392 g/mol. The van der Waals surface area contributed by atoms with Gasteiger partial charge in [-0.2, -0.15) is 5.10 Å². The number of carbonyl (C=O) groups is 1. The summed E-state index contributed by atoms with van der Waals surface area (Å²) in [6, 6.07) is 16.9. The Hall–Kier alpha value is -3.81. The van der Waals surface area contributed by atoms with Crippen LogP contribution >= 0.6 is 0 Å². The predicted octanol–water partition coefficient (Wildman–Crippen LogP) is 2.59. The molecule has 8 nitrogen and oxygen atoms in total. The minimum absolute atomic E-state index is 0.221. The molecule has 0 atom stereocenters. The van der Waals surface area contributed by atoms with Crippen molar-refractivity contribution in [3.63, 3.8) is 0 Å². The van der Waals surface area contributed by atoms with Crippen molar-refractivity contribution in [2.24, 2.45) is 0 Å². The van der Waals surface area contributed by atoms with Crippen LogP contribution in [0.3, 0.4) is 0 Å². The molecule has 0 unspecified atom stereocenters. The Morgan fingerprint density at radius 3 is 2.48 bits per heavy atom. The van der Waals surface area contributed by atoms with E-state index in [1.807, 2.05) is 34.9 Å². The Labute approximate surface area is 179 Å². The van der Waals surface area contributed by atoms with Crippen molar-refractivity contribution in [3.05, 3.63) is 88.4 Å². The average molecular weight is 416 g/mol. The smallest absolute Gasteiger partial charge is 0.274 e. The van der Waals surface area contributed by atoms with Crippen molar-refractivity contribution in [2.45, 2.75) is 32.9 Å². The first-order chi connectivity index (χ1) is 15.0. The van der Waals surface area contributed by atoms with E-state index < -0.39 is 0 Å². The van der Waals surface area contributed by atoms with Crippen LogP contribution in [0.1, 0.15) is 41.8 Å². The highest BCUT2D eigenvalue weighted by atomic mass is 16.2. The van der Waals surface area contributed by atoms with Crippen molar-refractivity contribution in [1.29, 1.82) is 0 Å². The fraction of sp³-hybridized carbons (Fsp3) is 0.261. The number of benzene rings is 2. The molecule has 31 heavy (non-hydrogen) atoms. The van der Waals surface area contributed by atoms with Crippen molar-refractivity contribution >= 4 is 16.7 Å². The molecule has 158 valence electrons. The fourth-order valence-corrected chi connectivity index (χ4v) is 3.51. The summed E-state index contributed by atoms with van der Waals surface area (Å²) in [6.45, 7) is 4.79. The van der Waals surface area contributed by atoms with E-state index in [0.29, 0.717) is 30.3 Å². The van der Waals surface area contributed by atoms with Crippen molar-refractivity contribution in [2.75, 3.05) is 6.54 Å². The maximum Gasteiger partial charge on any atom is 0.274 e. The van der Waals surface area contributed by atoms with Crippen LogP contribution in [0.4, 0.5) is 0 Å². The number of carbonyl (C=O) groups excluding carboxylic acids is 1. The van der Waals surface area contributed by atoms with Gasteiger partial charge < -0.3 is 9.88 Å². The summed E-state index contributed by atoms with van der Waals surface area (Å²) in [5.74, 6) is 0.482. The normalized spacial score (nSPS) is 11.2. The average Bonchev–Trinajstić information content (AvgIpc) is 3.25. The van der Waals surface area contributed by atoms with E-state index in [9.17, 15) is 9.59 Å². The summed E-state index contributed by atoms with van der Waals surface area (Å²) in [6.07, 6.45) is 2.24. The van der Waals surface area contributed by atoms with E-state index in [0.717, 1.165) is 11.4 Å². The van der Waals surface area contributed by atoms with Gasteiger partial charge >= 0.3 is 0 Å². The maximum absolute atomic E-state index is 13.0. The van der Waals surface area contributed by atoms with E-state index >= 15 is 0 Å². The number of nitrogens with one attached hydrogen (secondary N) is 1. The second-order valence-electron chi connectivity index (χ2n) is 7.60. The Morgan fingerprint density at radius 1 is 1.03 bits per heavy atom. The highest BCUT2D eigenvalue weighted by molar-refractivity contribution is 6.04. The maximum atomic E-state index is 13.0. The summed E-state index contributed by atoms with van der Waals surface area (Å²) >= 11 is 0. The number of rotatable bonds is 7. The Balaban J connectivity index is 1.60. The van der Waals surface area contributed by atoms with Gasteiger partial charge in [0.05, 0.1) is 11.9 Å². The summed E-state index contributed by atoms with van der Waals surface area (Å²) in [5, 5.41) is 16.4. The Kier molecular flexibility index (Phi) is 5.88. The molecule has 1 amide bonds. The predicted molar refractivity (Wildman–Crippen MR) is 118 cm³/mol. The Morgan fingerprint density at radius 2 is 1.74 bits per heavy atom. The zero-order valence-electron chi connectivity index (χ0n) is 17.5. The van der Waals surface area contributed by atoms with Crippen LogP contribution in [0, 0.1) is 0 Å². The van der Waals surface area contributed by atoms with Gasteiger partial charge in [-0.3, -0.25) is 9.59 Å². The molecule has 0 aliphatic carbocycles. The van der Waals surface area contributed by atoms with Crippen molar-refractivity contribution < 1.29 is 4.79 Å². The monoisotopic (exact) mass is 416 g/mol. The van der Waals surface area contributed by atoms with Gasteiger partial charge in [0.1, 0.15) is 12.2 Å². The van der Waals surface area contributed by atoms with Crippen LogP contribution < -0.4 is 10.9 Å². The van der Waals surface area contributed by atoms with Gasteiger partial charge in [0, 0.05) is 24.4 Å². The molecule has 1 N–H and O–H groups in total. The van der Waals surface area contributed by atoms with Gasteiger partial charge in [-0.25, -0.2) is 4.68 Å². The minimum Gasteiger partial charge on any atom is -0.350 e. The van der Waals surface area contributed by atoms with Gasteiger partial charge in [0.25, 0.3) is 11.5 Å². The van der Waals surface area contributed by atoms with Crippen molar-refractivity contribution in [3.8, 4) is 0 Å². The summed E-state index contributed by atoms with van der Waals surface area (Å²) in [4.78, 5) is 25.9. The van der Waals surface area contributed by atoms with Gasteiger partial charge in [0.2, 0.25) is 0 Å². The van der Waals surface area contributed by atoms with Crippen LogP contribution in [0.5, 0.6) is 0 Å². The molecule has 0 aliphatic rings. The van der Waals surface area contributed by atoms with E-state index in [1.165, 1.54) is 4.68 Å². The lowest BCUT2D eigenvalue weighted by Gasteiger charge is -2.12. The third-order valence-corrected chi connectivity index (χ3v) is 5.10. The standard InChI is InChI=1S/C23H24N6O2/c1-16(2)28-15-25-26-20(28)12-13-24-22(30)21-18-10-6-7-11-19(18)23(31)29(27-21)14-17-8-4-3-5-9-17/h3-11,15-16H,12-14H2,1-2H3,(H,24,30). The third kappa shape index (κ3) is 4.37. The number of hydrogen-bond donors (Lipinski definition) is 1. The summed E-state index contributed by atoms with van der Waals surface area (Å²) in [5.41, 5.74) is 0.948. The molecule has 0 saturated carbocycles. The van der Waals surface area contributed by atoms with Crippen LogP contribution in [0.15, 0.2) is 65.7 Å². The van der Waals surface area contributed by atoms with Gasteiger partial charge in [-0.15, -0.1) is 10.2 Å². The van der Waals surface area contributed by atoms with Crippen LogP contribution in [0.25, 0.3) is 10.8 Å². The number of fused-ring (bicyclic) bond motifs is 1. The van der Waals surface area contributed by atoms with E-state index in [4.69, 9.17) is 0 Å². The lowest BCUT2D eigenvalue weighted by molar-refractivity contribution is 0.0948. The molecule has 2 aromatic heterocycles. The molecule has 0 bridgehead atoms. The topological polar surface area (TPSA) is 94.7 Å². The molecule has 0 saturated heterocycles. The largest absolute Gasteiger partial charge is 0.350 e. The Bertz CT molecular complexity index is 1260. The molecule has 0 aliphatic heterocycles. The molecule has 0 fully saturated rings. The molecular formula is C23H24N6O2. The molecule has 0 radical (unpaired) electrons. The summed E-state index contributed by atoms with van der Waals surface area (Å²) in [7, 11) is 0. The minimum atomic E-state index is -0.325. The second kappa shape index (κ2) is 8.91. The van der Waals surface area contributed by atoms with E-state index in [-0.39, 0.29) is 23.2 Å². The number of amides is 1. The molecule has 4 rings (SSSR count). The first-order valence-corrected chi connectivity index (χ1v) is 10.2. The molecule has 2 heterocycles. The number of hydrogen-bond acceptors (Lipinski definition) is 5. The lowest BCUT2D eigenvalue weighted by atomic mass is 10.1. The SMILES string of the molecule is CC(C)n1cnnc1CCNC(=O)c1nn(Cc2ccccc2)c(=O)c2ccccc12. The fourth-order valence-electron chi connectivity index (χ4n) is 3.51. The van der Waals surface area contributed by atoms with E-state index in [1.54, 1.807) is 30.6 Å².